The molecule has 0 spiro atoms. The average molecular weight is 492 g/mol. The molecule has 0 N–H and O–H groups in total. The zero-order chi connectivity index (χ0) is 16.6. The molecule has 0 radical (unpaired) electrons. The van der Waals surface area contributed by atoms with Gasteiger partial charge < -0.3 is 4.74 Å². The molecule has 21 heavy (non-hydrogen) atoms. The van der Waals surface area contributed by atoms with Crippen molar-refractivity contribution in [2.24, 2.45) is 0 Å². The van der Waals surface area contributed by atoms with Crippen molar-refractivity contribution in [3.8, 4) is 6.07 Å². The van der Waals surface area contributed by atoms with Crippen LogP contribution >= 0.6 is 79.5 Å². The molecule has 0 saturated heterocycles. The number of allylic oxidation sites excluding steroid dienone is 3. The third-order valence-electron chi connectivity index (χ3n) is 1.92. The van der Waals surface area contributed by atoms with Crippen LogP contribution in [0.4, 0.5) is 0 Å². The number of carbonyl (C=O) groups excluding carboxylic acids is 1. The number of carbonyl (C=O) groups is 1. The van der Waals surface area contributed by atoms with Crippen LogP contribution in [0.2, 0.25) is 0 Å². The first kappa shape index (κ1) is 20.9. The van der Waals surface area contributed by atoms with Gasteiger partial charge in [-0.3, -0.25) is 0 Å². The Morgan fingerprint density at radius 1 is 1.43 bits per heavy atom. The molecule has 0 fully saturated rings. The van der Waals surface area contributed by atoms with Gasteiger partial charge in [0.1, 0.15) is 11.6 Å². The highest BCUT2D eigenvalue weighted by molar-refractivity contribution is 9.14. The number of nitrogens with zero attached hydrogens (tertiary/aromatic N) is 1. The van der Waals surface area contributed by atoms with Crippen molar-refractivity contribution in [3.63, 3.8) is 0 Å². The minimum absolute atomic E-state index is 0.00502. The lowest BCUT2D eigenvalue weighted by Gasteiger charge is -2.12. The number of rotatable bonds is 6. The van der Waals surface area contributed by atoms with E-state index in [0.717, 1.165) is 5.54 Å². The van der Waals surface area contributed by atoms with E-state index in [2.05, 4.69) is 31.9 Å². The molecule has 0 atom stereocenters. The van der Waals surface area contributed by atoms with Gasteiger partial charge >= 0.3 is 5.97 Å². The number of esters is 1. The van der Waals surface area contributed by atoms with E-state index >= 15 is 0 Å². The summed E-state index contributed by atoms with van der Waals surface area (Å²) in [6, 6.07) is 1.74. The predicted molar refractivity (Wildman–Crippen MR) is 100 cm³/mol. The van der Waals surface area contributed by atoms with E-state index in [4.69, 9.17) is 52.4 Å². The van der Waals surface area contributed by atoms with Crippen molar-refractivity contribution < 1.29 is 9.53 Å². The van der Waals surface area contributed by atoms with Gasteiger partial charge in [-0.2, -0.15) is 5.26 Å². The molecule has 0 aliphatic rings. The lowest BCUT2D eigenvalue weighted by molar-refractivity contribution is -0.138. The summed E-state index contributed by atoms with van der Waals surface area (Å²) in [6.45, 7) is 1.72. The minimum Gasteiger partial charge on any atom is -0.462 e. The van der Waals surface area contributed by atoms with E-state index in [1.54, 1.807) is 13.0 Å². The summed E-state index contributed by atoms with van der Waals surface area (Å²) in [5.74, 6) is -0.839. The maximum absolute atomic E-state index is 11.9. The van der Waals surface area contributed by atoms with E-state index in [9.17, 15) is 10.1 Å². The fourth-order valence-electron chi connectivity index (χ4n) is 1.07. The summed E-state index contributed by atoms with van der Waals surface area (Å²) in [5, 5.41) is 9.21. The molecule has 0 bridgehead atoms. The first-order valence-electron chi connectivity index (χ1n) is 5.18. The molecule has 0 heterocycles. The van der Waals surface area contributed by atoms with Crippen molar-refractivity contribution in [1.82, 2.24) is 0 Å². The molecule has 112 valence electrons. The molecule has 0 aliphatic carbocycles. The molecule has 0 aromatic heterocycles. The Labute approximate surface area is 159 Å². The molecular weight excluding hydrogens is 485 g/mol. The highest BCUT2D eigenvalue weighted by atomic mass is 79.9. The predicted octanol–water partition coefficient (Wildman–Crippen LogP) is 5.06. The smallest absolute Gasteiger partial charge is 0.349 e. The van der Waals surface area contributed by atoms with E-state index < -0.39 is 5.97 Å². The van der Waals surface area contributed by atoms with Crippen LogP contribution in [-0.4, -0.2) is 22.3 Å². The Bertz CT molecular complexity index is 575. The maximum Gasteiger partial charge on any atom is 0.349 e. The van der Waals surface area contributed by atoms with Gasteiger partial charge in [-0.25, -0.2) is 4.79 Å². The van der Waals surface area contributed by atoms with Gasteiger partial charge in [-0.15, -0.1) is 0 Å². The summed E-state index contributed by atoms with van der Waals surface area (Å²) < 4.78 is 5.23. The van der Waals surface area contributed by atoms with Gasteiger partial charge in [0.15, 0.2) is 0 Å². The molecule has 3 nitrogen and oxygen atoms in total. The molecule has 0 aromatic carbocycles. The molecular formula is C12H7Br2Cl2NO2S2. The average Bonchev–Trinajstić information content (AvgIpc) is 2.49. The lowest BCUT2D eigenvalue weighted by atomic mass is 10.0. The number of hydrogen-bond donors (Lipinski definition) is 0. The summed E-state index contributed by atoms with van der Waals surface area (Å²) in [5.41, 5.74) is 0.693. The monoisotopic (exact) mass is 489 g/mol. The standard InChI is InChI=1S/C12H7Br2Cl2NO2S2/c1-2-19-12(18)6(5-17)9(10(20)7(14)3-13)11(21)8(16)4-15/h3-4H,2H2,1H3. The SMILES string of the molecule is CCOC(=O)C(C#N)=C(C(=S)C(Cl)=CCl)C(=S)C(Br)=CBr. The highest BCUT2D eigenvalue weighted by Gasteiger charge is 2.25. The van der Waals surface area contributed by atoms with Crippen LogP contribution in [0.25, 0.3) is 0 Å². The molecule has 0 aromatic rings. The third kappa shape index (κ3) is 5.89. The number of ether oxygens (including phenoxy) is 1. The largest absolute Gasteiger partial charge is 0.462 e. The summed E-state index contributed by atoms with van der Waals surface area (Å²) >= 11 is 28.0. The van der Waals surface area contributed by atoms with Gasteiger partial charge in [0.05, 0.1) is 21.4 Å². The quantitative estimate of drug-likeness (QED) is 0.225. The Balaban J connectivity index is 6.28. The molecule has 9 heteroatoms. The number of nitriles is 1. The van der Waals surface area contributed by atoms with Crippen LogP contribution in [0, 0.1) is 11.3 Å². The van der Waals surface area contributed by atoms with Gasteiger partial charge in [0.2, 0.25) is 0 Å². The fourth-order valence-corrected chi connectivity index (χ4v) is 2.51. The Morgan fingerprint density at radius 2 is 2.00 bits per heavy atom. The second kappa shape index (κ2) is 10.6. The van der Waals surface area contributed by atoms with Gasteiger partial charge in [0.25, 0.3) is 0 Å². The van der Waals surface area contributed by atoms with Crippen LogP contribution < -0.4 is 0 Å². The second-order valence-electron chi connectivity index (χ2n) is 3.15. The minimum atomic E-state index is -0.839. The van der Waals surface area contributed by atoms with E-state index in [1.165, 1.54) is 4.99 Å². The Kier molecular flexibility index (Phi) is 10.5. The summed E-state index contributed by atoms with van der Waals surface area (Å²) in [4.78, 5) is 13.5. The van der Waals surface area contributed by atoms with E-state index in [1.807, 2.05) is 0 Å². The maximum atomic E-state index is 11.9. The summed E-state index contributed by atoms with van der Waals surface area (Å²) in [7, 11) is 0. The van der Waals surface area contributed by atoms with Crippen LogP contribution in [0.5, 0.6) is 0 Å². The van der Waals surface area contributed by atoms with Crippen molar-refractivity contribution >= 4 is 95.2 Å². The third-order valence-corrected chi connectivity index (χ3v) is 5.47. The topological polar surface area (TPSA) is 50.1 Å². The van der Waals surface area contributed by atoms with Crippen LogP contribution in [0.15, 0.2) is 31.2 Å². The van der Waals surface area contributed by atoms with Crippen molar-refractivity contribution in [3.05, 3.63) is 31.2 Å². The number of thiocarbonyl (C=S) groups is 2. The van der Waals surface area contributed by atoms with Gasteiger partial charge in [-0.05, 0) is 27.8 Å². The number of halogens is 4. The molecule has 0 aliphatic heterocycles. The van der Waals surface area contributed by atoms with Gasteiger partial charge in [0, 0.05) is 15.6 Å². The Hall–Kier alpha value is -0.1000. The molecule has 0 rings (SSSR count). The van der Waals surface area contributed by atoms with Crippen molar-refractivity contribution in [1.29, 1.82) is 5.26 Å². The van der Waals surface area contributed by atoms with Gasteiger partial charge in [-0.1, -0.05) is 63.6 Å². The molecule has 0 saturated carbocycles. The van der Waals surface area contributed by atoms with Crippen LogP contribution in [0.3, 0.4) is 0 Å². The second-order valence-corrected chi connectivity index (χ2v) is 5.91. The lowest BCUT2D eigenvalue weighted by Crippen LogP contribution is -2.18. The van der Waals surface area contributed by atoms with E-state index in [-0.39, 0.29) is 32.5 Å². The van der Waals surface area contributed by atoms with Crippen LogP contribution in [0.1, 0.15) is 6.92 Å². The zero-order valence-corrected chi connectivity index (χ0v) is 16.8. The normalized spacial score (nSPS) is 13.1. The van der Waals surface area contributed by atoms with Crippen molar-refractivity contribution in [2.45, 2.75) is 6.92 Å². The Morgan fingerprint density at radius 3 is 2.38 bits per heavy atom. The zero-order valence-electron chi connectivity index (χ0n) is 10.5. The number of hydrogen-bond acceptors (Lipinski definition) is 5. The van der Waals surface area contributed by atoms with E-state index in [0.29, 0.717) is 4.48 Å². The fraction of sp³-hybridized carbons (Fsp3) is 0.167. The highest BCUT2D eigenvalue weighted by Crippen LogP contribution is 2.25. The van der Waals surface area contributed by atoms with Crippen LogP contribution in [-0.2, 0) is 9.53 Å². The molecule has 0 amide bonds. The first-order chi connectivity index (χ1) is 9.85. The molecule has 0 unspecified atom stereocenters. The summed E-state index contributed by atoms with van der Waals surface area (Å²) in [6.07, 6.45) is 0. The first-order valence-corrected chi connectivity index (χ1v) is 8.52. The van der Waals surface area contributed by atoms with Crippen molar-refractivity contribution in [2.75, 3.05) is 6.61 Å².